The second kappa shape index (κ2) is 69.3. The molecule has 0 aromatic carbocycles. The number of esters is 3. The summed E-state index contributed by atoms with van der Waals surface area (Å²) in [6, 6.07) is 0. The summed E-state index contributed by atoms with van der Waals surface area (Å²) in [7, 11) is 0. The van der Waals surface area contributed by atoms with Crippen molar-refractivity contribution in [3.63, 3.8) is 0 Å². The van der Waals surface area contributed by atoms with Crippen molar-refractivity contribution in [2.45, 2.75) is 329 Å². The fraction of sp³-hybridized carbons (Fsp3) is 0.697. The van der Waals surface area contributed by atoms with Gasteiger partial charge in [-0.05, 0) is 116 Å². The second-order valence-electron chi connectivity index (χ2n) is 22.7. The fourth-order valence-electron chi connectivity index (χ4n) is 9.55. The zero-order chi connectivity index (χ0) is 59.2. The maximum absolute atomic E-state index is 12.9. The lowest BCUT2D eigenvalue weighted by atomic mass is 10.0. The lowest BCUT2D eigenvalue weighted by molar-refractivity contribution is -0.167. The quantitative estimate of drug-likeness (QED) is 0.0261. The van der Waals surface area contributed by atoms with Gasteiger partial charge in [0.1, 0.15) is 13.2 Å². The number of carbonyl (C=O) groups excluding carboxylic acids is 3. The topological polar surface area (TPSA) is 78.9 Å². The summed E-state index contributed by atoms with van der Waals surface area (Å²) >= 11 is 0. The molecule has 468 valence electrons. The van der Waals surface area contributed by atoms with Crippen LogP contribution in [0.5, 0.6) is 0 Å². The average molecular weight is 1140 g/mol. The predicted molar refractivity (Wildman–Crippen MR) is 357 cm³/mol. The minimum Gasteiger partial charge on any atom is -0.462 e. The third kappa shape index (κ3) is 66.6. The van der Waals surface area contributed by atoms with Crippen LogP contribution >= 0.6 is 0 Å². The van der Waals surface area contributed by atoms with Gasteiger partial charge in [-0.15, -0.1) is 0 Å². The Morgan fingerprint density at radius 3 is 0.768 bits per heavy atom. The molecule has 0 N–H and O–H groups in total. The molecular weight excluding hydrogens is 1010 g/mol. The Morgan fingerprint density at radius 1 is 0.256 bits per heavy atom. The highest BCUT2D eigenvalue weighted by atomic mass is 16.6. The summed E-state index contributed by atoms with van der Waals surface area (Å²) in [5.41, 5.74) is 0. The molecule has 0 bridgehead atoms. The number of hydrogen-bond donors (Lipinski definition) is 0. The molecule has 0 spiro atoms. The molecule has 0 aromatic rings. The van der Waals surface area contributed by atoms with Gasteiger partial charge >= 0.3 is 17.9 Å². The van der Waals surface area contributed by atoms with Crippen molar-refractivity contribution in [2.75, 3.05) is 13.2 Å². The van der Waals surface area contributed by atoms with Crippen LogP contribution in [0.4, 0.5) is 0 Å². The Balaban J connectivity index is 4.33. The summed E-state index contributed by atoms with van der Waals surface area (Å²) in [5.74, 6) is -0.892. The van der Waals surface area contributed by atoms with Crippen LogP contribution < -0.4 is 0 Å². The van der Waals surface area contributed by atoms with E-state index in [4.69, 9.17) is 14.2 Å². The monoisotopic (exact) mass is 1140 g/mol. The lowest BCUT2D eigenvalue weighted by Gasteiger charge is -2.18. The molecule has 0 radical (unpaired) electrons. The minimum atomic E-state index is -0.790. The van der Waals surface area contributed by atoms with E-state index in [0.29, 0.717) is 19.3 Å². The molecule has 0 aliphatic heterocycles. The zero-order valence-electron chi connectivity index (χ0n) is 53.7. The Kier molecular flexibility index (Phi) is 65.8. The number of hydrogen-bond acceptors (Lipinski definition) is 6. The molecule has 0 rings (SSSR count). The summed E-state index contributed by atoms with van der Waals surface area (Å²) in [6.45, 7) is 6.51. The maximum Gasteiger partial charge on any atom is 0.306 e. The standard InChI is InChI=1S/C76H128O6/c1-4-7-10-13-16-19-22-25-28-30-32-33-34-35-36-37-38-39-40-41-42-43-45-46-48-51-54-57-60-63-66-69-75(78)81-72-73(71-80-74(77)68-65-62-59-56-53-50-27-24-21-18-15-12-9-6-3)82-76(79)70-67-64-61-58-55-52-49-47-44-31-29-26-23-20-17-14-11-8-5-2/h7,10,16-17,19-20,25-26,28-29,32-33,35-36,38-39,41-42,44,47,73H,4-6,8-9,11-15,18,21-24,27,30-31,34,37,40,43,45-46,48-72H2,1-3H3/b10-7-,19-16-,20-17-,28-25-,29-26-,33-32-,36-35-,39-38-,42-41-,47-44-. The van der Waals surface area contributed by atoms with Crippen LogP contribution in [-0.2, 0) is 28.6 Å². The van der Waals surface area contributed by atoms with Gasteiger partial charge in [0.05, 0.1) is 0 Å². The van der Waals surface area contributed by atoms with Gasteiger partial charge in [0.25, 0.3) is 0 Å². The fourth-order valence-corrected chi connectivity index (χ4v) is 9.55. The Bertz CT molecular complexity index is 1690. The number of rotatable bonds is 62. The van der Waals surface area contributed by atoms with Crippen LogP contribution in [-0.4, -0.2) is 37.2 Å². The van der Waals surface area contributed by atoms with Gasteiger partial charge in [0.15, 0.2) is 6.10 Å². The van der Waals surface area contributed by atoms with Crippen LogP contribution in [0.3, 0.4) is 0 Å². The molecule has 6 nitrogen and oxygen atoms in total. The Hall–Kier alpha value is -4.19. The van der Waals surface area contributed by atoms with Crippen LogP contribution in [0.2, 0.25) is 0 Å². The average Bonchev–Trinajstić information content (AvgIpc) is 3.47. The summed E-state index contributed by atoms with van der Waals surface area (Å²) < 4.78 is 17.0. The Labute approximate surface area is 507 Å². The largest absolute Gasteiger partial charge is 0.462 e. The normalized spacial score (nSPS) is 12.9. The first-order valence-corrected chi connectivity index (χ1v) is 34.5. The van der Waals surface area contributed by atoms with E-state index in [1.165, 1.54) is 148 Å². The van der Waals surface area contributed by atoms with E-state index in [2.05, 4.69) is 142 Å². The molecule has 0 aliphatic carbocycles. The number of unbranched alkanes of at least 4 members (excludes halogenated alkanes) is 31. The number of carbonyl (C=O) groups is 3. The van der Waals surface area contributed by atoms with Crippen molar-refractivity contribution in [1.82, 2.24) is 0 Å². The molecular formula is C76H128O6. The summed E-state index contributed by atoms with van der Waals surface area (Å²) in [6.07, 6.45) is 96.4. The smallest absolute Gasteiger partial charge is 0.306 e. The van der Waals surface area contributed by atoms with Gasteiger partial charge < -0.3 is 14.2 Å². The van der Waals surface area contributed by atoms with E-state index in [-0.39, 0.29) is 31.1 Å². The highest BCUT2D eigenvalue weighted by molar-refractivity contribution is 5.71. The van der Waals surface area contributed by atoms with E-state index in [1.807, 2.05) is 0 Å². The van der Waals surface area contributed by atoms with Crippen molar-refractivity contribution >= 4 is 17.9 Å². The molecule has 82 heavy (non-hydrogen) atoms. The van der Waals surface area contributed by atoms with Crippen molar-refractivity contribution in [3.8, 4) is 0 Å². The molecule has 0 saturated carbocycles. The highest BCUT2D eigenvalue weighted by Crippen LogP contribution is 2.16. The van der Waals surface area contributed by atoms with Gasteiger partial charge in [-0.3, -0.25) is 14.4 Å². The molecule has 0 saturated heterocycles. The molecule has 1 unspecified atom stereocenters. The zero-order valence-corrected chi connectivity index (χ0v) is 53.7. The van der Waals surface area contributed by atoms with Crippen LogP contribution in [0, 0.1) is 0 Å². The number of ether oxygens (including phenoxy) is 3. The van der Waals surface area contributed by atoms with Crippen LogP contribution in [0.15, 0.2) is 122 Å². The van der Waals surface area contributed by atoms with Crippen molar-refractivity contribution in [1.29, 1.82) is 0 Å². The van der Waals surface area contributed by atoms with Crippen molar-refractivity contribution in [2.24, 2.45) is 0 Å². The lowest BCUT2D eigenvalue weighted by Crippen LogP contribution is -2.30. The summed E-state index contributed by atoms with van der Waals surface area (Å²) in [5, 5.41) is 0. The van der Waals surface area contributed by atoms with Crippen molar-refractivity contribution < 1.29 is 28.6 Å². The van der Waals surface area contributed by atoms with Gasteiger partial charge in [-0.2, -0.15) is 0 Å². The van der Waals surface area contributed by atoms with Crippen molar-refractivity contribution in [3.05, 3.63) is 122 Å². The van der Waals surface area contributed by atoms with E-state index in [0.717, 1.165) is 135 Å². The molecule has 0 heterocycles. The summed E-state index contributed by atoms with van der Waals surface area (Å²) in [4.78, 5) is 38.4. The SMILES string of the molecule is CC/C=C\C/C=C\C/C=C\C/C=C\C/C=C\C/C=C\C/C=C\CCCCCCCCCCCC(=O)OCC(COC(=O)CCCCCCCCCCCCCCCC)OC(=O)CCCCCCCC/C=C\C/C=C\C/C=C\CCCCC. The molecule has 0 amide bonds. The third-order valence-corrected chi connectivity index (χ3v) is 14.7. The molecule has 1 atom stereocenters. The van der Waals surface area contributed by atoms with Gasteiger partial charge in [0.2, 0.25) is 0 Å². The van der Waals surface area contributed by atoms with E-state index in [1.54, 1.807) is 0 Å². The first-order valence-electron chi connectivity index (χ1n) is 34.5. The second-order valence-corrected chi connectivity index (χ2v) is 22.7. The number of allylic oxidation sites excluding steroid dienone is 20. The third-order valence-electron chi connectivity index (χ3n) is 14.7. The predicted octanol–water partition coefficient (Wildman–Crippen LogP) is 23.9. The minimum absolute atomic E-state index is 0.0838. The van der Waals surface area contributed by atoms with Gasteiger partial charge in [0, 0.05) is 19.3 Å². The highest BCUT2D eigenvalue weighted by Gasteiger charge is 2.19. The van der Waals surface area contributed by atoms with Crippen LogP contribution in [0.1, 0.15) is 323 Å². The first kappa shape index (κ1) is 77.8. The Morgan fingerprint density at radius 2 is 0.476 bits per heavy atom. The molecule has 0 fully saturated rings. The van der Waals surface area contributed by atoms with E-state index < -0.39 is 6.10 Å². The van der Waals surface area contributed by atoms with Gasteiger partial charge in [-0.25, -0.2) is 0 Å². The van der Waals surface area contributed by atoms with E-state index >= 15 is 0 Å². The van der Waals surface area contributed by atoms with Gasteiger partial charge in [-0.1, -0.05) is 309 Å². The molecule has 6 heteroatoms. The first-order chi connectivity index (χ1) is 40.5. The van der Waals surface area contributed by atoms with Crippen LogP contribution in [0.25, 0.3) is 0 Å². The molecule has 0 aliphatic rings. The van der Waals surface area contributed by atoms with E-state index in [9.17, 15) is 14.4 Å². The maximum atomic E-state index is 12.9. The molecule has 0 aromatic heterocycles.